The molecule has 0 spiro atoms. The van der Waals surface area contributed by atoms with E-state index in [0.29, 0.717) is 22.7 Å². The third-order valence-corrected chi connectivity index (χ3v) is 3.68. The zero-order valence-corrected chi connectivity index (χ0v) is 13.7. The van der Waals surface area contributed by atoms with Crippen LogP contribution in [0.2, 0.25) is 0 Å². The summed E-state index contributed by atoms with van der Waals surface area (Å²) in [4.78, 5) is 16.6. The van der Waals surface area contributed by atoms with E-state index in [9.17, 15) is 4.79 Å². The second-order valence-electron chi connectivity index (χ2n) is 5.17. The summed E-state index contributed by atoms with van der Waals surface area (Å²) < 4.78 is 11.8. The number of benzene rings is 2. The van der Waals surface area contributed by atoms with E-state index in [4.69, 9.17) is 9.47 Å². The number of aromatic nitrogens is 2. The first kappa shape index (κ1) is 15.7. The maximum atomic E-state index is 12.1. The van der Waals surface area contributed by atoms with E-state index in [1.807, 2.05) is 36.4 Å². The molecule has 0 N–H and O–H groups in total. The molecule has 2 aromatic carbocycles. The van der Waals surface area contributed by atoms with Gasteiger partial charge >= 0.3 is 0 Å². The minimum atomic E-state index is -0.143. The van der Waals surface area contributed by atoms with E-state index in [0.717, 1.165) is 10.9 Å². The Bertz CT molecular complexity index is 977. The van der Waals surface area contributed by atoms with Crippen LogP contribution in [0.25, 0.3) is 10.8 Å². The molecule has 3 rings (SSSR count). The Labute approximate surface area is 139 Å². The van der Waals surface area contributed by atoms with Crippen LogP contribution < -0.4 is 15.0 Å². The fraction of sp³-hybridized carbons (Fsp3) is 0.167. The van der Waals surface area contributed by atoms with Crippen LogP contribution in [-0.4, -0.2) is 30.2 Å². The molecule has 0 amide bonds. The molecular formula is C18H17N3O3. The molecule has 0 bridgehead atoms. The van der Waals surface area contributed by atoms with Crippen molar-refractivity contribution >= 4 is 22.8 Å². The van der Waals surface area contributed by atoms with Gasteiger partial charge < -0.3 is 9.47 Å². The highest BCUT2D eigenvalue weighted by atomic mass is 16.5. The molecule has 24 heavy (non-hydrogen) atoms. The van der Waals surface area contributed by atoms with Crippen molar-refractivity contribution < 1.29 is 9.47 Å². The molecule has 0 fully saturated rings. The summed E-state index contributed by atoms with van der Waals surface area (Å²) in [5.74, 6) is 1.77. The van der Waals surface area contributed by atoms with Crippen molar-refractivity contribution in [1.29, 1.82) is 0 Å². The lowest BCUT2D eigenvalue weighted by Gasteiger charge is -2.07. The maximum absolute atomic E-state index is 12.1. The van der Waals surface area contributed by atoms with Gasteiger partial charge in [0.1, 0.15) is 0 Å². The first-order chi connectivity index (χ1) is 11.6. The Kier molecular flexibility index (Phi) is 4.29. The molecule has 0 saturated heterocycles. The minimum absolute atomic E-state index is 0.143. The van der Waals surface area contributed by atoms with Crippen LogP contribution in [0.5, 0.6) is 11.5 Å². The largest absolute Gasteiger partial charge is 0.493 e. The van der Waals surface area contributed by atoms with Gasteiger partial charge in [0.05, 0.1) is 19.6 Å². The number of hydrogen-bond acceptors (Lipinski definition) is 5. The van der Waals surface area contributed by atoms with Crippen LogP contribution in [0.1, 0.15) is 5.56 Å². The molecular weight excluding hydrogens is 306 g/mol. The van der Waals surface area contributed by atoms with Crippen molar-refractivity contribution in [2.75, 3.05) is 14.2 Å². The zero-order valence-electron chi connectivity index (χ0n) is 13.7. The number of aliphatic imine (C=N–C) groups is 1. The van der Waals surface area contributed by atoms with E-state index in [1.54, 1.807) is 33.5 Å². The average Bonchev–Trinajstić information content (AvgIpc) is 2.63. The number of methoxy groups -OCH3 is 2. The van der Waals surface area contributed by atoms with Gasteiger partial charge in [0.25, 0.3) is 5.56 Å². The molecule has 0 radical (unpaired) electrons. The van der Waals surface area contributed by atoms with Gasteiger partial charge in [0, 0.05) is 18.6 Å². The van der Waals surface area contributed by atoms with Gasteiger partial charge in [0.2, 0.25) is 0 Å². The van der Waals surface area contributed by atoms with E-state index >= 15 is 0 Å². The highest BCUT2D eigenvalue weighted by Gasteiger charge is 2.07. The lowest BCUT2D eigenvalue weighted by molar-refractivity contribution is 0.355. The van der Waals surface area contributed by atoms with Crippen LogP contribution in [-0.2, 0) is 7.05 Å². The first-order valence-corrected chi connectivity index (χ1v) is 7.36. The number of rotatable bonds is 4. The molecule has 0 aliphatic heterocycles. The fourth-order valence-electron chi connectivity index (χ4n) is 2.44. The number of nitrogens with zero attached hydrogens (tertiary/aromatic N) is 3. The standard InChI is InChI=1S/C18H17N3O3/c1-21-18(22)14-7-5-4-6-13(14)17(20-21)19-11-12-8-9-15(23-2)16(10-12)24-3/h4-11H,1-3H3. The molecule has 0 saturated carbocycles. The Morgan fingerprint density at radius 2 is 1.75 bits per heavy atom. The van der Waals surface area contributed by atoms with Gasteiger partial charge in [-0.05, 0) is 29.8 Å². The summed E-state index contributed by atoms with van der Waals surface area (Å²) in [5.41, 5.74) is 0.697. The topological polar surface area (TPSA) is 65.7 Å². The van der Waals surface area contributed by atoms with Crippen LogP contribution in [0.15, 0.2) is 52.3 Å². The van der Waals surface area contributed by atoms with Gasteiger partial charge in [0.15, 0.2) is 17.3 Å². The molecule has 0 atom stereocenters. The summed E-state index contributed by atoms with van der Waals surface area (Å²) in [7, 11) is 4.79. The summed E-state index contributed by atoms with van der Waals surface area (Å²) >= 11 is 0. The van der Waals surface area contributed by atoms with Crippen LogP contribution in [0, 0.1) is 0 Å². The third kappa shape index (κ3) is 2.86. The van der Waals surface area contributed by atoms with E-state index in [-0.39, 0.29) is 5.56 Å². The van der Waals surface area contributed by atoms with Crippen molar-refractivity contribution in [2.24, 2.45) is 12.0 Å². The van der Waals surface area contributed by atoms with Crippen LogP contribution in [0.4, 0.5) is 5.82 Å². The number of hydrogen-bond donors (Lipinski definition) is 0. The third-order valence-electron chi connectivity index (χ3n) is 3.68. The van der Waals surface area contributed by atoms with E-state index in [2.05, 4.69) is 10.1 Å². The van der Waals surface area contributed by atoms with E-state index < -0.39 is 0 Å². The Hall–Kier alpha value is -3.15. The Morgan fingerprint density at radius 3 is 2.46 bits per heavy atom. The monoisotopic (exact) mass is 323 g/mol. The molecule has 1 aromatic heterocycles. The summed E-state index contributed by atoms with van der Waals surface area (Å²) in [6.45, 7) is 0. The van der Waals surface area contributed by atoms with Gasteiger partial charge in [-0.2, -0.15) is 0 Å². The van der Waals surface area contributed by atoms with Crippen molar-refractivity contribution in [3.05, 3.63) is 58.4 Å². The second-order valence-corrected chi connectivity index (χ2v) is 5.17. The van der Waals surface area contributed by atoms with Crippen LogP contribution >= 0.6 is 0 Å². The smallest absolute Gasteiger partial charge is 0.274 e. The molecule has 0 unspecified atom stereocenters. The predicted molar refractivity (Wildman–Crippen MR) is 93.8 cm³/mol. The van der Waals surface area contributed by atoms with Gasteiger partial charge in [-0.15, -0.1) is 5.10 Å². The van der Waals surface area contributed by atoms with E-state index in [1.165, 1.54) is 4.68 Å². The summed E-state index contributed by atoms with van der Waals surface area (Å²) in [6, 6.07) is 12.8. The van der Waals surface area contributed by atoms with Gasteiger partial charge in [-0.1, -0.05) is 18.2 Å². The molecule has 6 nitrogen and oxygen atoms in total. The number of fused-ring (bicyclic) bond motifs is 1. The molecule has 0 aliphatic carbocycles. The minimum Gasteiger partial charge on any atom is -0.493 e. The van der Waals surface area contributed by atoms with Crippen molar-refractivity contribution in [2.45, 2.75) is 0 Å². The summed E-state index contributed by atoms with van der Waals surface area (Å²) in [6.07, 6.45) is 1.68. The average molecular weight is 323 g/mol. The zero-order chi connectivity index (χ0) is 17.1. The van der Waals surface area contributed by atoms with Crippen molar-refractivity contribution in [1.82, 2.24) is 9.78 Å². The Balaban J connectivity index is 2.06. The maximum Gasteiger partial charge on any atom is 0.274 e. The lowest BCUT2D eigenvalue weighted by atomic mass is 10.2. The molecule has 0 aliphatic rings. The predicted octanol–water partition coefficient (Wildman–Crippen LogP) is 2.70. The van der Waals surface area contributed by atoms with Gasteiger partial charge in [-0.25, -0.2) is 9.67 Å². The molecule has 6 heteroatoms. The summed E-state index contributed by atoms with van der Waals surface area (Å²) in [5, 5.41) is 5.55. The Morgan fingerprint density at radius 1 is 1.04 bits per heavy atom. The lowest BCUT2D eigenvalue weighted by Crippen LogP contribution is -2.19. The second kappa shape index (κ2) is 6.54. The quantitative estimate of drug-likeness (QED) is 0.692. The normalized spacial score (nSPS) is 11.1. The molecule has 3 aromatic rings. The SMILES string of the molecule is COc1ccc(C=Nc2nn(C)c(=O)c3ccccc23)cc1OC. The molecule has 1 heterocycles. The molecule has 122 valence electrons. The van der Waals surface area contributed by atoms with Crippen molar-refractivity contribution in [3.63, 3.8) is 0 Å². The number of ether oxygens (including phenoxy) is 2. The highest BCUT2D eigenvalue weighted by Crippen LogP contribution is 2.27. The first-order valence-electron chi connectivity index (χ1n) is 7.36. The highest BCUT2D eigenvalue weighted by molar-refractivity contribution is 5.92. The fourth-order valence-corrected chi connectivity index (χ4v) is 2.44. The van der Waals surface area contributed by atoms with Crippen LogP contribution in [0.3, 0.4) is 0 Å². The van der Waals surface area contributed by atoms with Crippen molar-refractivity contribution in [3.8, 4) is 11.5 Å². The van der Waals surface area contributed by atoms with Gasteiger partial charge in [-0.3, -0.25) is 4.79 Å². The number of aryl methyl sites for hydroxylation is 1.